The van der Waals surface area contributed by atoms with E-state index in [0.717, 1.165) is 111 Å². The molecule has 0 N–H and O–H groups in total. The van der Waals surface area contributed by atoms with Crippen LogP contribution in [0.3, 0.4) is 0 Å². The SMILES string of the molecule is CCCCc1nc(-c2ccc(OCCCN(CC)CC)cc2)c(CCC)n1C1=CC=C(Oc2ccc(C)cc2)CC=C1. The van der Waals surface area contributed by atoms with Crippen molar-refractivity contribution in [2.45, 2.75) is 79.6 Å². The first kappa shape index (κ1) is 31.4. The van der Waals surface area contributed by atoms with Gasteiger partial charge in [-0.1, -0.05) is 64.3 Å². The van der Waals surface area contributed by atoms with Gasteiger partial charge in [-0.05, 0) is 93.9 Å². The van der Waals surface area contributed by atoms with Crippen molar-refractivity contribution in [3.63, 3.8) is 0 Å². The summed E-state index contributed by atoms with van der Waals surface area (Å²) in [7, 11) is 0. The van der Waals surface area contributed by atoms with Gasteiger partial charge in [0.25, 0.3) is 0 Å². The lowest BCUT2D eigenvalue weighted by molar-refractivity contribution is 0.249. The Morgan fingerprint density at radius 3 is 2.26 bits per heavy atom. The Hall–Kier alpha value is -3.57. The molecule has 0 aliphatic heterocycles. The average Bonchev–Trinajstić information content (AvgIpc) is 3.20. The molecule has 5 heteroatoms. The van der Waals surface area contributed by atoms with Crippen molar-refractivity contribution in [1.29, 1.82) is 0 Å². The fourth-order valence-electron chi connectivity index (χ4n) is 5.32. The van der Waals surface area contributed by atoms with E-state index in [1.807, 2.05) is 12.1 Å². The fourth-order valence-corrected chi connectivity index (χ4v) is 5.32. The molecule has 0 amide bonds. The highest BCUT2D eigenvalue weighted by Crippen LogP contribution is 2.32. The molecule has 0 radical (unpaired) electrons. The summed E-state index contributed by atoms with van der Waals surface area (Å²) in [6, 6.07) is 16.7. The number of unbranched alkanes of at least 4 members (excludes halogenated alkanes) is 1. The van der Waals surface area contributed by atoms with Crippen LogP contribution < -0.4 is 9.47 Å². The van der Waals surface area contributed by atoms with E-state index in [0.29, 0.717) is 0 Å². The predicted octanol–water partition coefficient (Wildman–Crippen LogP) is 9.03. The van der Waals surface area contributed by atoms with Gasteiger partial charge in [0, 0.05) is 30.6 Å². The zero-order valence-electron chi connectivity index (χ0n) is 26.4. The molecule has 1 aromatic heterocycles. The fraction of sp³-hybridized carbons (Fsp3) is 0.432. The second-order valence-corrected chi connectivity index (χ2v) is 11.0. The van der Waals surface area contributed by atoms with Gasteiger partial charge in [-0.25, -0.2) is 4.98 Å². The zero-order valence-corrected chi connectivity index (χ0v) is 26.4. The predicted molar refractivity (Wildman–Crippen MR) is 176 cm³/mol. The number of benzene rings is 2. The first-order chi connectivity index (χ1) is 20.6. The lowest BCUT2D eigenvalue weighted by atomic mass is 10.1. The van der Waals surface area contributed by atoms with E-state index in [9.17, 15) is 0 Å². The number of imidazole rings is 1. The van der Waals surface area contributed by atoms with Crippen LogP contribution in [-0.4, -0.2) is 40.7 Å². The van der Waals surface area contributed by atoms with Crippen molar-refractivity contribution < 1.29 is 9.47 Å². The number of hydrogen-bond donors (Lipinski definition) is 0. The minimum absolute atomic E-state index is 0.732. The molecule has 1 aliphatic carbocycles. The molecule has 0 saturated carbocycles. The van der Waals surface area contributed by atoms with Gasteiger partial charge in [0.05, 0.1) is 18.0 Å². The van der Waals surface area contributed by atoms with Crippen LogP contribution >= 0.6 is 0 Å². The molecule has 224 valence electrons. The molecule has 0 bridgehead atoms. The second-order valence-electron chi connectivity index (χ2n) is 11.0. The standard InChI is InChI=1S/C37H49N3O2/c1-6-10-16-36-38-37(30-19-24-32(25-20-30)41-28-12-27-39(8-3)9-4)35(13-7-2)40(36)31-14-11-15-33(26-21-31)42-34-22-17-29(5)18-23-34/h11,14,17-26H,6-10,12-13,15-16,27-28H2,1-5H3. The number of allylic oxidation sites excluding steroid dienone is 5. The van der Waals surface area contributed by atoms with Crippen LogP contribution in [-0.2, 0) is 12.8 Å². The van der Waals surface area contributed by atoms with Crippen LogP contribution in [0, 0.1) is 6.92 Å². The number of ether oxygens (including phenoxy) is 2. The van der Waals surface area contributed by atoms with E-state index in [2.05, 4.69) is 105 Å². The smallest absolute Gasteiger partial charge is 0.126 e. The maximum Gasteiger partial charge on any atom is 0.126 e. The molecule has 0 spiro atoms. The third kappa shape index (κ3) is 8.48. The Morgan fingerprint density at radius 2 is 1.57 bits per heavy atom. The van der Waals surface area contributed by atoms with E-state index < -0.39 is 0 Å². The van der Waals surface area contributed by atoms with Gasteiger partial charge in [-0.2, -0.15) is 0 Å². The molecule has 0 unspecified atom stereocenters. The highest BCUT2D eigenvalue weighted by atomic mass is 16.5. The van der Waals surface area contributed by atoms with Crippen LogP contribution in [0.2, 0.25) is 0 Å². The number of hydrogen-bond acceptors (Lipinski definition) is 4. The van der Waals surface area contributed by atoms with Gasteiger partial charge in [0.1, 0.15) is 23.1 Å². The highest BCUT2D eigenvalue weighted by molar-refractivity contribution is 5.70. The third-order valence-electron chi connectivity index (χ3n) is 7.77. The summed E-state index contributed by atoms with van der Waals surface area (Å²) < 4.78 is 14.7. The Balaban J connectivity index is 1.59. The van der Waals surface area contributed by atoms with Crippen LogP contribution in [0.1, 0.15) is 76.9 Å². The lowest BCUT2D eigenvalue weighted by Crippen LogP contribution is -2.25. The Labute approximate surface area is 253 Å². The van der Waals surface area contributed by atoms with E-state index in [4.69, 9.17) is 14.5 Å². The first-order valence-corrected chi connectivity index (χ1v) is 15.9. The van der Waals surface area contributed by atoms with Crippen molar-refractivity contribution in [1.82, 2.24) is 14.5 Å². The molecule has 5 nitrogen and oxygen atoms in total. The lowest BCUT2D eigenvalue weighted by Gasteiger charge is -2.17. The maximum atomic E-state index is 6.22. The molecule has 42 heavy (non-hydrogen) atoms. The summed E-state index contributed by atoms with van der Waals surface area (Å²) in [6.07, 6.45) is 15.7. The van der Waals surface area contributed by atoms with Crippen molar-refractivity contribution in [3.8, 4) is 22.8 Å². The topological polar surface area (TPSA) is 39.5 Å². The van der Waals surface area contributed by atoms with Crippen molar-refractivity contribution in [3.05, 3.63) is 95.7 Å². The summed E-state index contributed by atoms with van der Waals surface area (Å²) in [5, 5.41) is 0. The summed E-state index contributed by atoms with van der Waals surface area (Å²) in [4.78, 5) is 7.70. The largest absolute Gasteiger partial charge is 0.494 e. The molecule has 0 fully saturated rings. The summed E-state index contributed by atoms with van der Waals surface area (Å²) in [5.41, 5.74) is 5.85. The normalized spacial score (nSPS) is 13.2. The number of rotatable bonds is 16. The van der Waals surface area contributed by atoms with E-state index in [-0.39, 0.29) is 0 Å². The molecular formula is C37H49N3O2. The summed E-state index contributed by atoms with van der Waals surface area (Å²) in [6.45, 7) is 15.0. The number of aryl methyl sites for hydroxylation is 2. The zero-order chi connectivity index (χ0) is 29.7. The quantitative estimate of drug-likeness (QED) is 0.162. The third-order valence-corrected chi connectivity index (χ3v) is 7.77. The Bertz CT molecular complexity index is 1340. The van der Waals surface area contributed by atoms with Gasteiger partial charge >= 0.3 is 0 Å². The first-order valence-electron chi connectivity index (χ1n) is 15.9. The number of aromatic nitrogens is 2. The second kappa shape index (κ2) is 16.2. The highest BCUT2D eigenvalue weighted by Gasteiger charge is 2.20. The van der Waals surface area contributed by atoms with Crippen LogP contribution in [0.5, 0.6) is 11.5 Å². The van der Waals surface area contributed by atoms with Gasteiger partial charge in [-0.3, -0.25) is 0 Å². The van der Waals surface area contributed by atoms with Crippen molar-refractivity contribution in [2.75, 3.05) is 26.2 Å². The molecule has 2 aromatic carbocycles. The molecule has 0 atom stereocenters. The Morgan fingerprint density at radius 1 is 0.833 bits per heavy atom. The molecule has 3 aromatic rings. The van der Waals surface area contributed by atoms with E-state index in [1.54, 1.807) is 0 Å². The van der Waals surface area contributed by atoms with Gasteiger partial charge in [-0.15, -0.1) is 0 Å². The molecule has 1 heterocycles. The van der Waals surface area contributed by atoms with Crippen LogP contribution in [0.4, 0.5) is 0 Å². The molecule has 1 aliphatic rings. The van der Waals surface area contributed by atoms with E-state index >= 15 is 0 Å². The van der Waals surface area contributed by atoms with E-state index in [1.165, 1.54) is 11.3 Å². The average molecular weight is 568 g/mol. The van der Waals surface area contributed by atoms with Gasteiger partial charge in [0.15, 0.2) is 0 Å². The van der Waals surface area contributed by atoms with Crippen molar-refractivity contribution in [2.24, 2.45) is 0 Å². The van der Waals surface area contributed by atoms with Gasteiger partial charge in [0.2, 0.25) is 0 Å². The summed E-state index contributed by atoms with van der Waals surface area (Å²) in [5.74, 6) is 3.85. The molecule has 0 saturated heterocycles. The minimum atomic E-state index is 0.732. The van der Waals surface area contributed by atoms with Gasteiger partial charge < -0.3 is 18.9 Å². The summed E-state index contributed by atoms with van der Waals surface area (Å²) >= 11 is 0. The van der Waals surface area contributed by atoms with Crippen molar-refractivity contribution >= 4 is 5.70 Å². The minimum Gasteiger partial charge on any atom is -0.494 e. The number of nitrogens with zero attached hydrogens (tertiary/aromatic N) is 3. The van der Waals surface area contributed by atoms with Crippen LogP contribution in [0.15, 0.2) is 78.6 Å². The molecule has 4 rings (SSSR count). The molecular weight excluding hydrogens is 518 g/mol. The van der Waals surface area contributed by atoms with Crippen LogP contribution in [0.25, 0.3) is 17.0 Å². The maximum absolute atomic E-state index is 6.22. The monoisotopic (exact) mass is 567 g/mol. The Kier molecular flexibility index (Phi) is 12.1.